The second-order valence-electron chi connectivity index (χ2n) is 6.15. The average Bonchev–Trinajstić information content (AvgIpc) is 3.13. The van der Waals surface area contributed by atoms with Crippen molar-refractivity contribution < 1.29 is 14.3 Å². The fourth-order valence-electron chi connectivity index (χ4n) is 3.03. The van der Waals surface area contributed by atoms with Gasteiger partial charge in [0.2, 0.25) is 0 Å². The molecule has 0 spiro atoms. The second-order valence-corrected chi connectivity index (χ2v) is 6.15. The third-order valence-corrected chi connectivity index (χ3v) is 4.44. The molecule has 1 saturated carbocycles. The van der Waals surface area contributed by atoms with Gasteiger partial charge in [-0.2, -0.15) is 5.10 Å². The summed E-state index contributed by atoms with van der Waals surface area (Å²) in [7, 11) is 0. The number of carbonyl (C=O) groups is 1. The molecule has 23 heavy (non-hydrogen) atoms. The van der Waals surface area contributed by atoms with Gasteiger partial charge >= 0.3 is 0 Å². The van der Waals surface area contributed by atoms with E-state index in [1.807, 2.05) is 0 Å². The molecule has 1 fully saturated rings. The van der Waals surface area contributed by atoms with Crippen LogP contribution in [0.4, 0.5) is 4.39 Å². The SMILES string of the molecule is Cc1c(C(=O)NCC2(O)CCCC2)cnn1-c1ccc(F)cc1. The molecule has 5 nitrogen and oxygen atoms in total. The van der Waals surface area contributed by atoms with E-state index in [0.717, 1.165) is 25.7 Å². The van der Waals surface area contributed by atoms with E-state index < -0.39 is 5.60 Å². The zero-order valence-corrected chi connectivity index (χ0v) is 13.1. The molecule has 122 valence electrons. The van der Waals surface area contributed by atoms with E-state index in [1.54, 1.807) is 23.7 Å². The third-order valence-electron chi connectivity index (χ3n) is 4.44. The molecule has 6 heteroatoms. The number of hydrogen-bond donors (Lipinski definition) is 2. The van der Waals surface area contributed by atoms with Gasteiger partial charge in [0, 0.05) is 6.54 Å². The lowest BCUT2D eigenvalue weighted by Crippen LogP contribution is -2.40. The molecule has 3 rings (SSSR count). The third kappa shape index (κ3) is 3.27. The van der Waals surface area contributed by atoms with Gasteiger partial charge in [0.05, 0.1) is 28.7 Å². The summed E-state index contributed by atoms with van der Waals surface area (Å²) in [6.45, 7) is 2.04. The molecule has 1 aromatic carbocycles. The summed E-state index contributed by atoms with van der Waals surface area (Å²) in [5.74, 6) is -0.572. The van der Waals surface area contributed by atoms with Crippen molar-refractivity contribution in [2.24, 2.45) is 0 Å². The van der Waals surface area contributed by atoms with Crippen LogP contribution in [0.2, 0.25) is 0 Å². The van der Waals surface area contributed by atoms with Crippen LogP contribution < -0.4 is 5.32 Å². The predicted octanol–water partition coefficient (Wildman–Crippen LogP) is 2.35. The van der Waals surface area contributed by atoms with Crippen molar-refractivity contribution in [3.63, 3.8) is 0 Å². The maximum atomic E-state index is 13.0. The number of aliphatic hydroxyl groups is 1. The smallest absolute Gasteiger partial charge is 0.254 e. The molecule has 1 aliphatic rings. The lowest BCUT2D eigenvalue weighted by atomic mass is 10.0. The fourth-order valence-corrected chi connectivity index (χ4v) is 3.03. The fraction of sp³-hybridized carbons (Fsp3) is 0.412. The molecule has 0 unspecified atom stereocenters. The average molecular weight is 317 g/mol. The van der Waals surface area contributed by atoms with Gasteiger partial charge in [-0.15, -0.1) is 0 Å². The van der Waals surface area contributed by atoms with Gasteiger partial charge in [-0.25, -0.2) is 9.07 Å². The summed E-state index contributed by atoms with van der Waals surface area (Å²) >= 11 is 0. The minimum Gasteiger partial charge on any atom is -0.388 e. The molecular formula is C17H20FN3O2. The number of nitrogens with zero attached hydrogens (tertiary/aromatic N) is 2. The molecule has 0 radical (unpaired) electrons. The summed E-state index contributed by atoms with van der Waals surface area (Å²) in [4.78, 5) is 12.3. The molecule has 0 saturated heterocycles. The van der Waals surface area contributed by atoms with Crippen LogP contribution in [0.5, 0.6) is 0 Å². The first kappa shape index (κ1) is 15.7. The second kappa shape index (κ2) is 6.12. The lowest BCUT2D eigenvalue weighted by Gasteiger charge is -2.22. The topological polar surface area (TPSA) is 67.2 Å². The lowest BCUT2D eigenvalue weighted by molar-refractivity contribution is 0.0449. The minimum absolute atomic E-state index is 0.254. The Morgan fingerprint density at radius 3 is 2.65 bits per heavy atom. The van der Waals surface area contributed by atoms with Crippen molar-refractivity contribution in [2.45, 2.75) is 38.2 Å². The number of rotatable bonds is 4. The molecule has 2 N–H and O–H groups in total. The van der Waals surface area contributed by atoms with Crippen LogP contribution in [-0.2, 0) is 0 Å². The van der Waals surface area contributed by atoms with Gasteiger partial charge < -0.3 is 10.4 Å². The molecule has 0 bridgehead atoms. The highest BCUT2D eigenvalue weighted by Crippen LogP contribution is 2.28. The van der Waals surface area contributed by atoms with Gasteiger partial charge in [0.1, 0.15) is 5.82 Å². The van der Waals surface area contributed by atoms with E-state index in [0.29, 0.717) is 16.9 Å². The summed E-state index contributed by atoms with van der Waals surface area (Å²) in [6, 6.07) is 5.92. The van der Waals surface area contributed by atoms with E-state index in [-0.39, 0.29) is 18.3 Å². The maximum Gasteiger partial charge on any atom is 0.254 e. The number of aromatic nitrogens is 2. The Morgan fingerprint density at radius 1 is 1.35 bits per heavy atom. The van der Waals surface area contributed by atoms with E-state index in [1.165, 1.54) is 18.3 Å². The van der Waals surface area contributed by atoms with Crippen LogP contribution in [-0.4, -0.2) is 32.9 Å². The largest absolute Gasteiger partial charge is 0.388 e. The molecule has 1 aliphatic carbocycles. The molecule has 2 aromatic rings. The van der Waals surface area contributed by atoms with Gasteiger partial charge in [-0.1, -0.05) is 12.8 Å². The number of benzene rings is 1. The van der Waals surface area contributed by atoms with E-state index in [9.17, 15) is 14.3 Å². The standard InChI is InChI=1S/C17H20FN3O2/c1-12-15(16(22)19-11-17(23)8-2-3-9-17)10-20-21(12)14-6-4-13(18)5-7-14/h4-7,10,23H,2-3,8-9,11H2,1H3,(H,19,22). The van der Waals surface area contributed by atoms with E-state index in [2.05, 4.69) is 10.4 Å². The van der Waals surface area contributed by atoms with Gasteiger partial charge in [0.15, 0.2) is 0 Å². The van der Waals surface area contributed by atoms with Crippen LogP contribution in [0, 0.1) is 12.7 Å². The predicted molar refractivity (Wildman–Crippen MR) is 84.0 cm³/mol. The number of amides is 1. The van der Waals surface area contributed by atoms with Crippen molar-refractivity contribution in [1.29, 1.82) is 0 Å². The normalized spacial score (nSPS) is 16.5. The summed E-state index contributed by atoms with van der Waals surface area (Å²) in [5.41, 5.74) is 1.04. The van der Waals surface area contributed by atoms with E-state index >= 15 is 0 Å². The Hall–Kier alpha value is -2.21. The zero-order chi connectivity index (χ0) is 16.4. The molecule has 1 amide bonds. The van der Waals surface area contributed by atoms with Crippen LogP contribution in [0.1, 0.15) is 41.7 Å². The molecular weight excluding hydrogens is 297 g/mol. The van der Waals surface area contributed by atoms with Crippen molar-refractivity contribution in [2.75, 3.05) is 6.54 Å². The summed E-state index contributed by atoms with van der Waals surface area (Å²) < 4.78 is 14.6. The Labute approximate surface area is 134 Å². The van der Waals surface area contributed by atoms with Crippen molar-refractivity contribution in [3.05, 3.63) is 47.5 Å². The Morgan fingerprint density at radius 2 is 2.00 bits per heavy atom. The Balaban J connectivity index is 1.73. The highest BCUT2D eigenvalue weighted by atomic mass is 19.1. The first-order chi connectivity index (χ1) is 11.0. The highest BCUT2D eigenvalue weighted by molar-refractivity contribution is 5.95. The summed E-state index contributed by atoms with van der Waals surface area (Å²) in [5, 5.41) is 17.3. The van der Waals surface area contributed by atoms with Crippen LogP contribution in [0.3, 0.4) is 0 Å². The molecule has 1 heterocycles. The first-order valence-corrected chi connectivity index (χ1v) is 7.80. The maximum absolute atomic E-state index is 13.0. The Kier molecular flexibility index (Phi) is 4.17. The van der Waals surface area contributed by atoms with Crippen LogP contribution >= 0.6 is 0 Å². The minimum atomic E-state index is -0.781. The first-order valence-electron chi connectivity index (χ1n) is 7.80. The van der Waals surface area contributed by atoms with E-state index in [4.69, 9.17) is 0 Å². The number of hydrogen-bond acceptors (Lipinski definition) is 3. The number of carbonyl (C=O) groups excluding carboxylic acids is 1. The highest BCUT2D eigenvalue weighted by Gasteiger charge is 2.31. The number of nitrogens with one attached hydrogen (secondary N) is 1. The van der Waals surface area contributed by atoms with Crippen molar-refractivity contribution in [1.82, 2.24) is 15.1 Å². The van der Waals surface area contributed by atoms with Gasteiger partial charge in [0.25, 0.3) is 5.91 Å². The molecule has 0 atom stereocenters. The van der Waals surface area contributed by atoms with Crippen LogP contribution in [0.25, 0.3) is 5.69 Å². The molecule has 1 aromatic heterocycles. The monoisotopic (exact) mass is 317 g/mol. The number of halogens is 1. The Bertz CT molecular complexity index is 703. The summed E-state index contributed by atoms with van der Waals surface area (Å²) in [6.07, 6.45) is 4.93. The zero-order valence-electron chi connectivity index (χ0n) is 13.1. The van der Waals surface area contributed by atoms with Crippen molar-refractivity contribution >= 4 is 5.91 Å². The van der Waals surface area contributed by atoms with Crippen LogP contribution in [0.15, 0.2) is 30.5 Å². The van der Waals surface area contributed by atoms with Gasteiger partial charge in [-0.3, -0.25) is 4.79 Å². The van der Waals surface area contributed by atoms with Crippen molar-refractivity contribution in [3.8, 4) is 5.69 Å². The molecule has 0 aliphatic heterocycles. The quantitative estimate of drug-likeness (QED) is 0.909. The van der Waals surface area contributed by atoms with Gasteiger partial charge in [-0.05, 0) is 44.0 Å².